The summed E-state index contributed by atoms with van der Waals surface area (Å²) in [5.74, 6) is 0. The van der Waals surface area contributed by atoms with Gasteiger partial charge in [0.2, 0.25) is 0 Å². The molecule has 0 aromatic carbocycles. The molecule has 0 spiro atoms. The highest BCUT2D eigenvalue weighted by Gasteiger charge is 2.16. The van der Waals surface area contributed by atoms with Crippen LogP contribution in [0, 0.1) is 0 Å². The quantitative estimate of drug-likeness (QED) is 0.650. The lowest BCUT2D eigenvalue weighted by Gasteiger charge is -2.28. The van der Waals surface area contributed by atoms with Crippen LogP contribution in [0.2, 0.25) is 0 Å². The Hall–Kier alpha value is -0.120. The number of rotatable bonds is 4. The third-order valence-corrected chi connectivity index (χ3v) is 2.31. The molecule has 0 radical (unpaired) electrons. The molecule has 0 N–H and O–H groups in total. The molecule has 1 rings (SSSR count). The molecule has 0 bridgehead atoms. The van der Waals surface area contributed by atoms with Crippen molar-refractivity contribution in [1.82, 2.24) is 4.90 Å². The largest absolute Gasteiger partial charge is 0.382 e. The molecule has 3 heteroatoms. The van der Waals surface area contributed by atoms with E-state index in [9.17, 15) is 0 Å². The van der Waals surface area contributed by atoms with Gasteiger partial charge in [-0.05, 0) is 19.9 Å². The van der Waals surface area contributed by atoms with Crippen LogP contribution in [0.4, 0.5) is 0 Å². The van der Waals surface area contributed by atoms with Gasteiger partial charge in [0.05, 0.1) is 19.3 Å². The second-order valence-corrected chi connectivity index (χ2v) is 3.37. The fourth-order valence-corrected chi connectivity index (χ4v) is 1.45. The van der Waals surface area contributed by atoms with Gasteiger partial charge in [0.1, 0.15) is 0 Å². The molecule has 1 saturated heterocycles. The van der Waals surface area contributed by atoms with E-state index in [-0.39, 0.29) is 0 Å². The molecule has 86 valence electrons. The van der Waals surface area contributed by atoms with Crippen LogP contribution in [-0.2, 0) is 9.47 Å². The van der Waals surface area contributed by atoms with Gasteiger partial charge in [-0.15, -0.1) is 0 Å². The Morgan fingerprint density at radius 2 is 1.71 bits per heavy atom. The molecule has 0 aromatic rings. The van der Waals surface area contributed by atoms with E-state index in [1.165, 1.54) is 12.8 Å². The van der Waals surface area contributed by atoms with Gasteiger partial charge >= 0.3 is 0 Å². The lowest BCUT2D eigenvalue weighted by molar-refractivity contribution is -0.0111. The maximum Gasteiger partial charge on any atom is 0.0704 e. The first kappa shape index (κ1) is 13.9. The zero-order chi connectivity index (χ0) is 10.8. The molecule has 0 saturated carbocycles. The SMILES string of the molecule is CC.COCCOC1CCN(C)CC1. The van der Waals surface area contributed by atoms with Crippen molar-refractivity contribution in [2.24, 2.45) is 0 Å². The Morgan fingerprint density at radius 3 is 2.21 bits per heavy atom. The molecule has 0 unspecified atom stereocenters. The molecular formula is C11H25NO2. The van der Waals surface area contributed by atoms with Crippen molar-refractivity contribution in [3.05, 3.63) is 0 Å². The molecule has 0 atom stereocenters. The Balaban J connectivity index is 0.000000791. The number of ether oxygens (including phenoxy) is 2. The summed E-state index contributed by atoms with van der Waals surface area (Å²) in [4.78, 5) is 2.34. The van der Waals surface area contributed by atoms with E-state index >= 15 is 0 Å². The van der Waals surface area contributed by atoms with Crippen LogP contribution in [-0.4, -0.2) is 51.5 Å². The monoisotopic (exact) mass is 203 g/mol. The lowest BCUT2D eigenvalue weighted by Crippen LogP contribution is -2.34. The minimum Gasteiger partial charge on any atom is -0.382 e. The zero-order valence-electron chi connectivity index (χ0n) is 10.1. The Morgan fingerprint density at radius 1 is 1.14 bits per heavy atom. The average Bonchev–Trinajstić information content (AvgIpc) is 2.24. The second-order valence-electron chi connectivity index (χ2n) is 3.37. The zero-order valence-corrected chi connectivity index (χ0v) is 10.1. The Bertz CT molecular complexity index is 112. The van der Waals surface area contributed by atoms with Gasteiger partial charge in [0, 0.05) is 20.2 Å². The highest BCUT2D eigenvalue weighted by molar-refractivity contribution is 4.69. The van der Waals surface area contributed by atoms with Gasteiger partial charge in [0.25, 0.3) is 0 Å². The van der Waals surface area contributed by atoms with Crippen LogP contribution in [0.5, 0.6) is 0 Å². The van der Waals surface area contributed by atoms with Crippen molar-refractivity contribution in [3.63, 3.8) is 0 Å². The molecule has 0 aliphatic carbocycles. The molecule has 1 aliphatic rings. The minimum absolute atomic E-state index is 0.469. The van der Waals surface area contributed by atoms with Crippen molar-refractivity contribution in [3.8, 4) is 0 Å². The fraction of sp³-hybridized carbons (Fsp3) is 1.00. The maximum absolute atomic E-state index is 5.62. The summed E-state index contributed by atoms with van der Waals surface area (Å²) in [5, 5.41) is 0. The summed E-state index contributed by atoms with van der Waals surface area (Å²) >= 11 is 0. The van der Waals surface area contributed by atoms with Crippen LogP contribution in [0.1, 0.15) is 26.7 Å². The first-order valence-electron chi connectivity index (χ1n) is 5.62. The Kier molecular flexibility index (Phi) is 9.35. The third kappa shape index (κ3) is 6.35. The third-order valence-electron chi connectivity index (χ3n) is 2.31. The van der Waals surface area contributed by atoms with Crippen molar-refractivity contribution < 1.29 is 9.47 Å². The molecule has 1 fully saturated rings. The van der Waals surface area contributed by atoms with E-state index in [1.807, 2.05) is 13.8 Å². The predicted molar refractivity (Wildman–Crippen MR) is 59.7 cm³/mol. The van der Waals surface area contributed by atoms with Crippen molar-refractivity contribution >= 4 is 0 Å². The highest BCUT2D eigenvalue weighted by atomic mass is 16.5. The number of piperidine rings is 1. The van der Waals surface area contributed by atoms with Crippen molar-refractivity contribution in [1.29, 1.82) is 0 Å². The highest BCUT2D eigenvalue weighted by Crippen LogP contribution is 2.11. The van der Waals surface area contributed by atoms with Crippen molar-refractivity contribution in [2.75, 3.05) is 40.5 Å². The number of methoxy groups -OCH3 is 1. The van der Waals surface area contributed by atoms with Gasteiger partial charge in [-0.1, -0.05) is 13.8 Å². The van der Waals surface area contributed by atoms with E-state index in [2.05, 4.69) is 11.9 Å². The Labute approximate surface area is 88.4 Å². The molecule has 0 amide bonds. The molecule has 3 nitrogen and oxygen atoms in total. The minimum atomic E-state index is 0.469. The summed E-state index contributed by atoms with van der Waals surface area (Å²) in [6.45, 7) is 7.78. The molecule has 1 aliphatic heterocycles. The molecule has 14 heavy (non-hydrogen) atoms. The van der Waals surface area contributed by atoms with Gasteiger partial charge in [-0.2, -0.15) is 0 Å². The lowest BCUT2D eigenvalue weighted by atomic mass is 10.1. The number of hydrogen-bond acceptors (Lipinski definition) is 3. The van der Waals surface area contributed by atoms with Gasteiger partial charge in [-0.3, -0.25) is 0 Å². The normalized spacial score (nSPS) is 18.9. The van der Waals surface area contributed by atoms with Gasteiger partial charge < -0.3 is 14.4 Å². The standard InChI is InChI=1S/C9H19NO2.C2H6/c1-10-5-3-9(4-6-10)12-8-7-11-2;1-2/h9H,3-8H2,1-2H3;1-2H3. The van der Waals surface area contributed by atoms with Crippen LogP contribution < -0.4 is 0 Å². The van der Waals surface area contributed by atoms with E-state index in [4.69, 9.17) is 9.47 Å². The number of hydrogen-bond donors (Lipinski definition) is 0. The maximum atomic E-state index is 5.62. The van der Waals surface area contributed by atoms with Crippen LogP contribution in [0.25, 0.3) is 0 Å². The summed E-state index contributed by atoms with van der Waals surface area (Å²) in [5.41, 5.74) is 0. The van der Waals surface area contributed by atoms with Crippen LogP contribution in [0.3, 0.4) is 0 Å². The topological polar surface area (TPSA) is 21.7 Å². The van der Waals surface area contributed by atoms with E-state index in [1.54, 1.807) is 7.11 Å². The average molecular weight is 203 g/mol. The fourth-order valence-electron chi connectivity index (χ4n) is 1.45. The summed E-state index contributed by atoms with van der Waals surface area (Å²) < 4.78 is 10.5. The van der Waals surface area contributed by atoms with E-state index < -0.39 is 0 Å². The molecule has 0 aromatic heterocycles. The van der Waals surface area contributed by atoms with Crippen molar-refractivity contribution in [2.45, 2.75) is 32.8 Å². The second kappa shape index (κ2) is 9.44. The summed E-state index contributed by atoms with van der Waals surface area (Å²) in [6.07, 6.45) is 2.80. The summed E-state index contributed by atoms with van der Waals surface area (Å²) in [6, 6.07) is 0. The van der Waals surface area contributed by atoms with Gasteiger partial charge in [0.15, 0.2) is 0 Å². The predicted octanol–water partition coefficient (Wildman–Crippen LogP) is 1.77. The smallest absolute Gasteiger partial charge is 0.0704 e. The van der Waals surface area contributed by atoms with E-state index in [0.29, 0.717) is 12.7 Å². The van der Waals surface area contributed by atoms with Crippen LogP contribution >= 0.6 is 0 Å². The van der Waals surface area contributed by atoms with E-state index in [0.717, 1.165) is 19.7 Å². The first-order chi connectivity index (χ1) is 6.83. The first-order valence-corrected chi connectivity index (χ1v) is 5.62. The van der Waals surface area contributed by atoms with Crippen LogP contribution in [0.15, 0.2) is 0 Å². The molecular weight excluding hydrogens is 178 g/mol. The number of nitrogens with zero attached hydrogens (tertiary/aromatic N) is 1. The van der Waals surface area contributed by atoms with Gasteiger partial charge in [-0.25, -0.2) is 0 Å². The summed E-state index contributed by atoms with van der Waals surface area (Å²) in [7, 11) is 3.86. The molecule has 1 heterocycles. The number of likely N-dealkylation sites (tertiary alicyclic amines) is 1.